The van der Waals surface area contributed by atoms with E-state index in [1.807, 2.05) is 29.9 Å². The smallest absolute Gasteiger partial charge is 0.226 e. The lowest BCUT2D eigenvalue weighted by Gasteiger charge is -2.30. The van der Waals surface area contributed by atoms with E-state index in [9.17, 15) is 4.79 Å². The summed E-state index contributed by atoms with van der Waals surface area (Å²) >= 11 is 0. The number of hydrogen-bond donors (Lipinski definition) is 1. The Morgan fingerprint density at radius 3 is 2.73 bits per heavy atom. The van der Waals surface area contributed by atoms with Gasteiger partial charge in [-0.3, -0.25) is 4.79 Å². The van der Waals surface area contributed by atoms with Crippen LogP contribution in [0.4, 0.5) is 5.95 Å². The summed E-state index contributed by atoms with van der Waals surface area (Å²) in [6.07, 6.45) is 8.46. The monoisotopic (exact) mass is 352 g/mol. The number of carbonyl (C=O) groups excluding carboxylic acids is 1. The van der Waals surface area contributed by atoms with Crippen molar-refractivity contribution in [2.45, 2.75) is 12.8 Å². The van der Waals surface area contributed by atoms with E-state index in [-0.39, 0.29) is 11.8 Å². The Hall–Kier alpha value is -3.16. The number of rotatable bonds is 4. The van der Waals surface area contributed by atoms with Crippen LogP contribution in [0.15, 0.2) is 41.4 Å². The van der Waals surface area contributed by atoms with Crippen LogP contribution in [0.3, 0.4) is 0 Å². The molecule has 0 unspecified atom stereocenters. The second kappa shape index (κ2) is 6.62. The Balaban J connectivity index is 1.70. The zero-order valence-corrected chi connectivity index (χ0v) is 14.5. The Kier molecular flexibility index (Phi) is 4.16. The number of carbonyl (C=O) groups is 1. The molecule has 3 aromatic rings. The van der Waals surface area contributed by atoms with Gasteiger partial charge in [0.05, 0.1) is 11.8 Å². The predicted octanol–water partition coefficient (Wildman–Crippen LogP) is 1.84. The lowest BCUT2D eigenvalue weighted by Crippen LogP contribution is -2.39. The fourth-order valence-corrected chi connectivity index (χ4v) is 3.28. The maximum absolute atomic E-state index is 11.4. The van der Waals surface area contributed by atoms with Crippen LogP contribution in [-0.4, -0.2) is 38.5 Å². The van der Waals surface area contributed by atoms with Gasteiger partial charge in [0.15, 0.2) is 5.76 Å². The normalized spacial score (nSPS) is 15.3. The standard InChI is InChI=1S/C18H20N6O2/c1-23-9-6-20-17(23)13-11-21-18(22-15(13)14-3-2-10-26-14)24-7-4-12(5-8-24)16(19)25/h2-3,6,9-12H,4-5,7-8H2,1H3,(H2,19,25). The van der Waals surface area contributed by atoms with Crippen LogP contribution in [0, 0.1) is 5.92 Å². The largest absolute Gasteiger partial charge is 0.463 e. The topological polar surface area (TPSA) is 103 Å². The van der Waals surface area contributed by atoms with Gasteiger partial charge in [-0.15, -0.1) is 0 Å². The number of anilines is 1. The van der Waals surface area contributed by atoms with E-state index in [4.69, 9.17) is 15.1 Å². The van der Waals surface area contributed by atoms with Gasteiger partial charge in [-0.2, -0.15) is 0 Å². The Bertz CT molecular complexity index is 910. The van der Waals surface area contributed by atoms with Crippen molar-refractivity contribution < 1.29 is 9.21 Å². The Morgan fingerprint density at radius 1 is 1.31 bits per heavy atom. The first-order chi connectivity index (χ1) is 12.6. The highest BCUT2D eigenvalue weighted by Crippen LogP contribution is 2.31. The lowest BCUT2D eigenvalue weighted by atomic mass is 9.96. The number of piperidine rings is 1. The van der Waals surface area contributed by atoms with Crippen molar-refractivity contribution >= 4 is 11.9 Å². The summed E-state index contributed by atoms with van der Waals surface area (Å²) in [6, 6.07) is 3.70. The first kappa shape index (κ1) is 16.3. The van der Waals surface area contributed by atoms with Crippen molar-refractivity contribution in [1.82, 2.24) is 19.5 Å². The molecule has 0 spiro atoms. The minimum absolute atomic E-state index is 0.0670. The molecule has 134 valence electrons. The zero-order chi connectivity index (χ0) is 18.1. The van der Waals surface area contributed by atoms with Crippen LogP contribution in [-0.2, 0) is 11.8 Å². The summed E-state index contributed by atoms with van der Waals surface area (Å²) in [7, 11) is 1.93. The fourth-order valence-electron chi connectivity index (χ4n) is 3.28. The minimum atomic E-state index is -0.230. The van der Waals surface area contributed by atoms with Crippen molar-refractivity contribution in [1.29, 1.82) is 0 Å². The molecular weight excluding hydrogens is 332 g/mol. The summed E-state index contributed by atoms with van der Waals surface area (Å²) in [5.41, 5.74) is 6.93. The van der Waals surface area contributed by atoms with Crippen LogP contribution in [0.1, 0.15) is 12.8 Å². The van der Waals surface area contributed by atoms with Crippen LogP contribution in [0.2, 0.25) is 0 Å². The van der Waals surface area contributed by atoms with Crippen molar-refractivity contribution in [3.8, 4) is 22.8 Å². The first-order valence-corrected chi connectivity index (χ1v) is 8.56. The summed E-state index contributed by atoms with van der Waals surface area (Å²) in [4.78, 5) is 27.1. The molecule has 0 bridgehead atoms. The number of furan rings is 1. The highest BCUT2D eigenvalue weighted by Gasteiger charge is 2.26. The molecule has 0 atom stereocenters. The van der Waals surface area contributed by atoms with E-state index in [0.29, 0.717) is 30.5 Å². The number of primary amides is 1. The Morgan fingerprint density at radius 2 is 2.12 bits per heavy atom. The molecule has 0 aromatic carbocycles. The van der Waals surface area contributed by atoms with Gasteiger partial charge < -0.3 is 19.6 Å². The number of hydrogen-bond acceptors (Lipinski definition) is 6. The van der Waals surface area contributed by atoms with Crippen molar-refractivity contribution in [3.05, 3.63) is 37.0 Å². The van der Waals surface area contributed by atoms with E-state index in [0.717, 1.165) is 24.2 Å². The van der Waals surface area contributed by atoms with Gasteiger partial charge >= 0.3 is 0 Å². The van der Waals surface area contributed by atoms with Crippen LogP contribution in [0.5, 0.6) is 0 Å². The molecular formula is C18H20N6O2. The summed E-state index contributed by atoms with van der Waals surface area (Å²) in [5, 5.41) is 0. The molecule has 0 aliphatic carbocycles. The molecule has 4 rings (SSSR count). The molecule has 1 aliphatic heterocycles. The summed E-state index contributed by atoms with van der Waals surface area (Å²) in [5.74, 6) is 1.76. The van der Waals surface area contributed by atoms with Crippen molar-refractivity contribution in [2.24, 2.45) is 18.7 Å². The molecule has 8 nitrogen and oxygen atoms in total. The minimum Gasteiger partial charge on any atom is -0.463 e. The summed E-state index contributed by atoms with van der Waals surface area (Å²) in [6.45, 7) is 1.40. The molecule has 0 saturated carbocycles. The molecule has 0 radical (unpaired) electrons. The number of amides is 1. The van der Waals surface area contributed by atoms with E-state index >= 15 is 0 Å². The van der Waals surface area contributed by atoms with E-state index < -0.39 is 0 Å². The molecule has 4 heterocycles. The molecule has 1 fully saturated rings. The number of imidazole rings is 1. The molecule has 1 saturated heterocycles. The lowest BCUT2D eigenvalue weighted by molar-refractivity contribution is -0.122. The highest BCUT2D eigenvalue weighted by atomic mass is 16.3. The van der Waals surface area contributed by atoms with Crippen molar-refractivity contribution in [2.75, 3.05) is 18.0 Å². The van der Waals surface area contributed by atoms with Gasteiger partial charge in [-0.05, 0) is 25.0 Å². The van der Waals surface area contributed by atoms with Gasteiger partial charge in [0, 0.05) is 44.6 Å². The van der Waals surface area contributed by atoms with E-state index in [1.54, 1.807) is 18.7 Å². The maximum Gasteiger partial charge on any atom is 0.226 e. The maximum atomic E-state index is 11.4. The van der Waals surface area contributed by atoms with E-state index in [1.165, 1.54) is 0 Å². The third-order valence-electron chi connectivity index (χ3n) is 4.77. The predicted molar refractivity (Wildman–Crippen MR) is 96.1 cm³/mol. The molecule has 1 amide bonds. The number of aromatic nitrogens is 4. The molecule has 1 aliphatic rings. The first-order valence-electron chi connectivity index (χ1n) is 8.56. The Labute approximate surface area is 150 Å². The second-order valence-electron chi connectivity index (χ2n) is 6.44. The second-order valence-corrected chi connectivity index (χ2v) is 6.44. The molecule has 8 heteroatoms. The molecule has 2 N–H and O–H groups in total. The number of nitrogens with two attached hydrogens (primary N) is 1. The van der Waals surface area contributed by atoms with Gasteiger partial charge in [0.25, 0.3) is 0 Å². The van der Waals surface area contributed by atoms with Gasteiger partial charge in [0.2, 0.25) is 11.9 Å². The molecule has 3 aromatic heterocycles. The number of nitrogens with zero attached hydrogens (tertiary/aromatic N) is 5. The van der Waals surface area contributed by atoms with Gasteiger partial charge in [-0.1, -0.05) is 0 Å². The van der Waals surface area contributed by atoms with Crippen molar-refractivity contribution in [3.63, 3.8) is 0 Å². The highest BCUT2D eigenvalue weighted by molar-refractivity contribution is 5.77. The molecule has 26 heavy (non-hydrogen) atoms. The van der Waals surface area contributed by atoms with Gasteiger partial charge in [0.1, 0.15) is 11.5 Å². The third-order valence-corrected chi connectivity index (χ3v) is 4.77. The SMILES string of the molecule is Cn1ccnc1-c1cnc(N2CCC(C(N)=O)CC2)nc1-c1ccco1. The number of aryl methyl sites for hydroxylation is 1. The van der Waals surface area contributed by atoms with E-state index in [2.05, 4.69) is 14.9 Å². The van der Waals surface area contributed by atoms with Crippen LogP contribution < -0.4 is 10.6 Å². The summed E-state index contributed by atoms with van der Waals surface area (Å²) < 4.78 is 7.50. The average Bonchev–Trinajstić information content (AvgIpc) is 3.33. The van der Waals surface area contributed by atoms with Gasteiger partial charge in [-0.25, -0.2) is 15.0 Å². The zero-order valence-electron chi connectivity index (χ0n) is 14.5. The fraction of sp³-hybridized carbons (Fsp3) is 0.333. The average molecular weight is 352 g/mol. The quantitative estimate of drug-likeness (QED) is 0.768. The third kappa shape index (κ3) is 2.94. The van der Waals surface area contributed by atoms with Crippen LogP contribution in [0.25, 0.3) is 22.8 Å². The van der Waals surface area contributed by atoms with Crippen LogP contribution >= 0.6 is 0 Å².